The molecule has 1 fully saturated rings. The predicted octanol–water partition coefficient (Wildman–Crippen LogP) is 3.93. The lowest BCUT2D eigenvalue weighted by Crippen LogP contribution is -2.17. The molecule has 3 rings (SSSR count). The molecule has 2 unspecified atom stereocenters. The highest BCUT2D eigenvalue weighted by molar-refractivity contribution is 5.98. The average Bonchev–Trinajstić information content (AvgIpc) is 3.49. The molecule has 1 aliphatic rings. The second-order valence-corrected chi connectivity index (χ2v) is 7.23. The van der Waals surface area contributed by atoms with Crippen molar-refractivity contribution in [3.63, 3.8) is 0 Å². The number of ether oxygens (including phenoxy) is 3. The van der Waals surface area contributed by atoms with Gasteiger partial charge in [-0.1, -0.05) is 0 Å². The van der Waals surface area contributed by atoms with Crippen LogP contribution in [-0.4, -0.2) is 37.3 Å². The lowest BCUT2D eigenvalue weighted by molar-refractivity contribution is -0.117. The molecule has 0 heterocycles. The van der Waals surface area contributed by atoms with Crippen LogP contribution in [0, 0.1) is 5.92 Å². The maximum Gasteiger partial charge on any atom is 0.335 e. The quantitative estimate of drug-likeness (QED) is 0.698. The molecule has 2 N–H and O–H groups in total. The summed E-state index contributed by atoms with van der Waals surface area (Å²) in [6, 6.07) is 9.96. The van der Waals surface area contributed by atoms with E-state index in [-0.39, 0.29) is 29.4 Å². The van der Waals surface area contributed by atoms with Gasteiger partial charge in [0.05, 0.1) is 31.6 Å². The van der Waals surface area contributed by atoms with Gasteiger partial charge in [-0.05, 0) is 56.7 Å². The third-order valence-electron chi connectivity index (χ3n) is 4.81. The molecule has 0 aliphatic heterocycles. The molecule has 29 heavy (non-hydrogen) atoms. The van der Waals surface area contributed by atoms with Crippen molar-refractivity contribution in [1.29, 1.82) is 0 Å². The summed E-state index contributed by atoms with van der Waals surface area (Å²) in [4.78, 5) is 24.2. The second-order valence-electron chi connectivity index (χ2n) is 7.23. The number of carboxylic acids is 1. The highest BCUT2D eigenvalue weighted by Gasteiger charge is 2.45. The molecular weight excluding hydrogens is 374 g/mol. The fourth-order valence-electron chi connectivity index (χ4n) is 3.30. The molecule has 2 aromatic rings. The first-order valence-electron chi connectivity index (χ1n) is 9.40. The van der Waals surface area contributed by atoms with Crippen LogP contribution in [0.25, 0.3) is 0 Å². The monoisotopic (exact) mass is 399 g/mol. The van der Waals surface area contributed by atoms with Gasteiger partial charge in [0, 0.05) is 17.4 Å². The van der Waals surface area contributed by atoms with Crippen LogP contribution in [0.2, 0.25) is 0 Å². The van der Waals surface area contributed by atoms with Crippen LogP contribution in [0.4, 0.5) is 5.69 Å². The lowest BCUT2D eigenvalue weighted by Gasteiger charge is -2.16. The summed E-state index contributed by atoms with van der Waals surface area (Å²) >= 11 is 0. The van der Waals surface area contributed by atoms with Gasteiger partial charge < -0.3 is 24.6 Å². The number of amides is 1. The molecule has 0 radical (unpaired) electrons. The van der Waals surface area contributed by atoms with E-state index in [0.29, 0.717) is 29.4 Å². The molecule has 1 saturated carbocycles. The Morgan fingerprint density at radius 3 is 2.41 bits per heavy atom. The van der Waals surface area contributed by atoms with Crippen LogP contribution in [0.1, 0.15) is 42.1 Å². The van der Waals surface area contributed by atoms with E-state index >= 15 is 0 Å². The Kier molecular flexibility index (Phi) is 5.96. The lowest BCUT2D eigenvalue weighted by atomic mass is 10.1. The standard InChI is InChI=1S/C22H25NO6/c1-12(2)29-20-7-5-13(22(25)26)9-18(20)23-21(24)17-11-15(17)16-10-14(27-3)6-8-19(16)28-4/h5-10,12,15,17H,11H2,1-4H3,(H,23,24)(H,25,26). The number of anilines is 1. The van der Waals surface area contributed by atoms with Crippen molar-refractivity contribution >= 4 is 17.6 Å². The molecule has 0 spiro atoms. The van der Waals surface area contributed by atoms with E-state index in [1.54, 1.807) is 20.3 Å². The molecule has 0 saturated heterocycles. The number of carbonyl (C=O) groups is 2. The van der Waals surface area contributed by atoms with Crippen molar-refractivity contribution in [1.82, 2.24) is 0 Å². The molecule has 2 atom stereocenters. The summed E-state index contributed by atoms with van der Waals surface area (Å²) in [5, 5.41) is 12.1. The summed E-state index contributed by atoms with van der Waals surface area (Å²) < 4.78 is 16.4. The average molecular weight is 399 g/mol. The second kappa shape index (κ2) is 8.43. The van der Waals surface area contributed by atoms with Crippen molar-refractivity contribution in [2.24, 2.45) is 5.92 Å². The van der Waals surface area contributed by atoms with Crippen molar-refractivity contribution in [2.75, 3.05) is 19.5 Å². The molecule has 2 aromatic carbocycles. The molecule has 154 valence electrons. The molecule has 7 nitrogen and oxygen atoms in total. The Balaban J connectivity index is 1.80. The zero-order valence-corrected chi connectivity index (χ0v) is 16.9. The van der Waals surface area contributed by atoms with Gasteiger partial charge in [-0.15, -0.1) is 0 Å². The fraction of sp³-hybridized carbons (Fsp3) is 0.364. The van der Waals surface area contributed by atoms with Crippen molar-refractivity contribution < 1.29 is 28.9 Å². The number of carboxylic acid groups (broad SMARTS) is 1. The van der Waals surface area contributed by atoms with Crippen LogP contribution in [-0.2, 0) is 4.79 Å². The summed E-state index contributed by atoms with van der Waals surface area (Å²) in [7, 11) is 3.18. The Labute approximate surface area is 169 Å². The molecule has 0 bridgehead atoms. The van der Waals surface area contributed by atoms with Gasteiger partial charge in [0.2, 0.25) is 5.91 Å². The van der Waals surface area contributed by atoms with Crippen LogP contribution in [0.15, 0.2) is 36.4 Å². The number of benzene rings is 2. The number of aromatic carboxylic acids is 1. The Bertz CT molecular complexity index is 924. The third kappa shape index (κ3) is 4.62. The van der Waals surface area contributed by atoms with Crippen LogP contribution in [0.5, 0.6) is 17.2 Å². The topological polar surface area (TPSA) is 94.1 Å². The number of nitrogens with one attached hydrogen (secondary N) is 1. The molecule has 1 aliphatic carbocycles. The normalized spacial score (nSPS) is 17.6. The van der Waals surface area contributed by atoms with E-state index in [2.05, 4.69) is 5.32 Å². The van der Waals surface area contributed by atoms with Crippen LogP contribution >= 0.6 is 0 Å². The van der Waals surface area contributed by atoms with E-state index in [1.165, 1.54) is 12.1 Å². The largest absolute Gasteiger partial charge is 0.497 e. The summed E-state index contributed by atoms with van der Waals surface area (Å²) in [6.45, 7) is 3.73. The maximum absolute atomic E-state index is 12.8. The number of methoxy groups -OCH3 is 2. The highest BCUT2D eigenvalue weighted by Crippen LogP contribution is 2.51. The minimum absolute atomic E-state index is 0.0113. The van der Waals surface area contributed by atoms with Gasteiger partial charge >= 0.3 is 5.97 Å². The van der Waals surface area contributed by atoms with Crippen LogP contribution < -0.4 is 19.5 Å². The summed E-state index contributed by atoms with van der Waals surface area (Å²) in [6.07, 6.45) is 0.560. The highest BCUT2D eigenvalue weighted by atomic mass is 16.5. The predicted molar refractivity (Wildman–Crippen MR) is 108 cm³/mol. The maximum atomic E-state index is 12.8. The molecule has 0 aromatic heterocycles. The number of hydrogen-bond acceptors (Lipinski definition) is 5. The number of rotatable bonds is 8. The first kappa shape index (κ1) is 20.5. The Hall–Kier alpha value is -3.22. The van der Waals surface area contributed by atoms with Crippen molar-refractivity contribution in [3.05, 3.63) is 47.5 Å². The first-order chi connectivity index (χ1) is 13.8. The fourth-order valence-corrected chi connectivity index (χ4v) is 3.30. The third-order valence-corrected chi connectivity index (χ3v) is 4.81. The SMILES string of the molecule is COc1ccc(OC)c(C2CC2C(=O)Nc2cc(C(=O)O)ccc2OC(C)C)c1. The van der Waals surface area contributed by atoms with Gasteiger partial charge in [-0.25, -0.2) is 4.79 Å². The van der Waals surface area contributed by atoms with Crippen molar-refractivity contribution in [3.8, 4) is 17.2 Å². The van der Waals surface area contributed by atoms with Crippen LogP contribution in [0.3, 0.4) is 0 Å². The van der Waals surface area contributed by atoms with Gasteiger partial charge in [0.15, 0.2) is 0 Å². The smallest absolute Gasteiger partial charge is 0.335 e. The van der Waals surface area contributed by atoms with E-state index < -0.39 is 5.97 Å². The minimum atomic E-state index is -1.07. The minimum Gasteiger partial charge on any atom is -0.497 e. The summed E-state index contributed by atoms with van der Waals surface area (Å²) in [5.74, 6) is 0.373. The van der Waals surface area contributed by atoms with E-state index in [9.17, 15) is 14.7 Å². The van der Waals surface area contributed by atoms with Crippen molar-refractivity contribution in [2.45, 2.75) is 32.3 Å². The first-order valence-corrected chi connectivity index (χ1v) is 9.40. The zero-order valence-electron chi connectivity index (χ0n) is 16.9. The molecular formula is C22H25NO6. The van der Waals surface area contributed by atoms with Gasteiger partial charge in [-0.2, -0.15) is 0 Å². The van der Waals surface area contributed by atoms with E-state index in [1.807, 2.05) is 32.0 Å². The zero-order chi connectivity index (χ0) is 21.1. The Morgan fingerprint density at radius 2 is 1.79 bits per heavy atom. The number of carbonyl (C=O) groups excluding carboxylic acids is 1. The van der Waals surface area contributed by atoms with Gasteiger partial charge in [-0.3, -0.25) is 4.79 Å². The van der Waals surface area contributed by atoms with Gasteiger partial charge in [0.25, 0.3) is 0 Å². The molecule has 1 amide bonds. The summed E-state index contributed by atoms with van der Waals surface area (Å²) in [5.41, 5.74) is 1.36. The van der Waals surface area contributed by atoms with Gasteiger partial charge in [0.1, 0.15) is 17.2 Å². The van der Waals surface area contributed by atoms with E-state index in [0.717, 1.165) is 5.56 Å². The van der Waals surface area contributed by atoms with E-state index in [4.69, 9.17) is 14.2 Å². The molecule has 7 heteroatoms. The Morgan fingerprint density at radius 1 is 1.07 bits per heavy atom. The number of hydrogen-bond donors (Lipinski definition) is 2.